The Morgan fingerprint density at radius 2 is 1.78 bits per heavy atom. The van der Waals surface area contributed by atoms with Gasteiger partial charge in [-0.3, -0.25) is 9.36 Å². The van der Waals surface area contributed by atoms with Gasteiger partial charge in [-0.25, -0.2) is 13.4 Å². The average molecular weight is 524 g/mol. The van der Waals surface area contributed by atoms with Gasteiger partial charge < -0.3 is 14.6 Å². The summed E-state index contributed by atoms with van der Waals surface area (Å²) >= 11 is 3.19. The molecule has 0 bridgehead atoms. The lowest BCUT2D eigenvalue weighted by atomic mass is 10.2. The predicted octanol–water partition coefficient (Wildman–Crippen LogP) is 3.29. The summed E-state index contributed by atoms with van der Waals surface area (Å²) in [5.74, 6) is -0.139. The maximum absolute atomic E-state index is 13.6. The maximum atomic E-state index is 13.6. The summed E-state index contributed by atoms with van der Waals surface area (Å²) in [5.41, 5.74) is -0.780. The summed E-state index contributed by atoms with van der Waals surface area (Å²) in [5, 5.41) is 10.2. The van der Waals surface area contributed by atoms with Crippen molar-refractivity contribution in [3.05, 3.63) is 57.2 Å². The van der Waals surface area contributed by atoms with Crippen molar-refractivity contribution in [3.8, 4) is 23.1 Å². The molecule has 0 spiro atoms. The molecule has 32 heavy (non-hydrogen) atoms. The van der Waals surface area contributed by atoms with E-state index in [9.17, 15) is 18.3 Å². The van der Waals surface area contributed by atoms with Gasteiger partial charge in [-0.2, -0.15) is 4.98 Å². The minimum absolute atomic E-state index is 0.180. The number of aromatic hydroxyl groups is 1. The molecule has 0 saturated heterocycles. The van der Waals surface area contributed by atoms with Crippen LogP contribution in [0, 0.1) is 0 Å². The molecule has 2 aromatic heterocycles. The van der Waals surface area contributed by atoms with Crippen LogP contribution in [0.25, 0.3) is 5.69 Å². The number of hydrogen-bond acceptors (Lipinski definition) is 8. The average Bonchev–Trinajstić information content (AvgIpc) is 2.77. The largest absolute Gasteiger partial charge is 0.494 e. The van der Waals surface area contributed by atoms with E-state index < -0.39 is 31.2 Å². The number of sulfone groups is 1. The highest BCUT2D eigenvalue weighted by Gasteiger charge is 2.32. The van der Waals surface area contributed by atoms with Crippen molar-refractivity contribution >= 4 is 25.8 Å². The minimum atomic E-state index is -4.48. The lowest BCUT2D eigenvalue weighted by Crippen LogP contribution is -2.30. The van der Waals surface area contributed by atoms with E-state index in [0.29, 0.717) is 17.3 Å². The molecule has 0 aliphatic rings. The Hall–Kier alpha value is -2.92. The van der Waals surface area contributed by atoms with Gasteiger partial charge in [0.05, 0.1) is 14.2 Å². The molecule has 9 nitrogen and oxygen atoms in total. The van der Waals surface area contributed by atoms with Crippen LogP contribution < -0.4 is 15.0 Å². The number of unbranched alkanes of at least 4 members (excludes halogenated alkanes) is 1. The topological polar surface area (TPSA) is 121 Å². The number of methoxy groups -OCH3 is 2. The third kappa shape index (κ3) is 4.35. The summed E-state index contributed by atoms with van der Waals surface area (Å²) in [6, 6.07) is 7.62. The Morgan fingerprint density at radius 1 is 1.12 bits per heavy atom. The van der Waals surface area contributed by atoms with E-state index in [0.717, 1.165) is 11.0 Å². The minimum Gasteiger partial charge on any atom is -0.494 e. The van der Waals surface area contributed by atoms with Gasteiger partial charge in [-0.1, -0.05) is 19.4 Å². The zero-order chi connectivity index (χ0) is 23.5. The zero-order valence-corrected chi connectivity index (χ0v) is 20.1. The molecule has 0 unspecified atom stereocenters. The second kappa shape index (κ2) is 9.70. The fraction of sp³-hybridized carbons (Fsp3) is 0.286. The second-order valence-electron chi connectivity index (χ2n) is 6.75. The van der Waals surface area contributed by atoms with E-state index in [4.69, 9.17) is 9.47 Å². The third-order valence-corrected chi connectivity index (χ3v) is 6.87. The van der Waals surface area contributed by atoms with Crippen molar-refractivity contribution in [2.75, 3.05) is 14.2 Å². The van der Waals surface area contributed by atoms with Crippen LogP contribution in [-0.2, 0) is 16.3 Å². The number of aryl methyl sites for hydroxylation is 1. The molecule has 170 valence electrons. The van der Waals surface area contributed by atoms with Crippen molar-refractivity contribution < 1.29 is 23.0 Å². The maximum Gasteiger partial charge on any atom is 0.281 e. The van der Waals surface area contributed by atoms with E-state index in [1.54, 1.807) is 18.2 Å². The number of ether oxygens (including phenoxy) is 2. The molecule has 0 aliphatic carbocycles. The molecule has 3 rings (SSSR count). The van der Waals surface area contributed by atoms with Crippen LogP contribution in [0.15, 0.2) is 55.7 Å². The monoisotopic (exact) mass is 523 g/mol. The summed E-state index contributed by atoms with van der Waals surface area (Å²) in [6.07, 6.45) is 3.05. The van der Waals surface area contributed by atoms with Gasteiger partial charge in [0, 0.05) is 17.1 Å². The first kappa shape index (κ1) is 23.7. The first-order chi connectivity index (χ1) is 15.3. The van der Waals surface area contributed by atoms with Crippen molar-refractivity contribution in [2.24, 2.45) is 0 Å². The summed E-state index contributed by atoms with van der Waals surface area (Å²) in [6.45, 7) is 1.96. The predicted molar refractivity (Wildman–Crippen MR) is 121 cm³/mol. The molecule has 0 aliphatic heterocycles. The molecule has 0 radical (unpaired) electrons. The molecule has 0 saturated carbocycles. The number of pyridine rings is 1. The lowest BCUT2D eigenvalue weighted by molar-refractivity contribution is 0.386. The van der Waals surface area contributed by atoms with Gasteiger partial charge in [-0.05, 0) is 46.6 Å². The number of hydrogen-bond donors (Lipinski definition) is 1. The lowest BCUT2D eigenvalue weighted by Gasteiger charge is -2.19. The van der Waals surface area contributed by atoms with Gasteiger partial charge in [0.25, 0.3) is 5.56 Å². The summed E-state index contributed by atoms with van der Waals surface area (Å²) in [4.78, 5) is 20.7. The molecular weight excluding hydrogens is 502 g/mol. The number of rotatable bonds is 8. The van der Waals surface area contributed by atoms with Crippen LogP contribution in [0.1, 0.15) is 25.6 Å². The molecule has 1 N–H and O–H groups in total. The molecule has 3 aromatic rings. The van der Waals surface area contributed by atoms with Crippen molar-refractivity contribution in [1.29, 1.82) is 0 Å². The van der Waals surface area contributed by atoms with E-state index in [1.807, 2.05) is 6.92 Å². The Kier molecular flexibility index (Phi) is 7.19. The van der Waals surface area contributed by atoms with E-state index >= 15 is 0 Å². The molecule has 0 atom stereocenters. The fourth-order valence-corrected chi connectivity index (χ4v) is 4.67. The normalized spacial score (nSPS) is 11.4. The Balaban J connectivity index is 2.40. The zero-order valence-electron chi connectivity index (χ0n) is 17.7. The van der Waals surface area contributed by atoms with Crippen LogP contribution in [0.3, 0.4) is 0 Å². The first-order valence-corrected chi connectivity index (χ1v) is 12.0. The molecule has 0 amide bonds. The van der Waals surface area contributed by atoms with Crippen LogP contribution in [-0.4, -0.2) is 42.3 Å². The number of benzene rings is 1. The van der Waals surface area contributed by atoms with Crippen molar-refractivity contribution in [1.82, 2.24) is 14.5 Å². The Labute approximate surface area is 193 Å². The fourth-order valence-electron chi connectivity index (χ4n) is 3.18. The summed E-state index contributed by atoms with van der Waals surface area (Å²) in [7, 11) is -1.64. The van der Waals surface area contributed by atoms with Crippen LogP contribution in [0.2, 0.25) is 0 Å². The number of nitrogens with zero attached hydrogens (tertiary/aromatic N) is 3. The number of halogens is 1. The highest BCUT2D eigenvalue weighted by Crippen LogP contribution is 2.34. The summed E-state index contributed by atoms with van der Waals surface area (Å²) < 4.78 is 39.0. The molecular formula is C21H22BrN3O6S. The van der Waals surface area contributed by atoms with Crippen LogP contribution in [0.5, 0.6) is 17.4 Å². The highest BCUT2D eigenvalue weighted by atomic mass is 79.9. The highest BCUT2D eigenvalue weighted by molar-refractivity contribution is 9.10. The molecule has 2 heterocycles. The number of aromatic nitrogens is 3. The van der Waals surface area contributed by atoms with Gasteiger partial charge in [0.2, 0.25) is 20.6 Å². The van der Waals surface area contributed by atoms with E-state index in [1.165, 1.54) is 32.5 Å². The molecule has 11 heteroatoms. The Bertz CT molecular complexity index is 1270. The molecule has 1 aromatic carbocycles. The van der Waals surface area contributed by atoms with Gasteiger partial charge in [0.1, 0.15) is 23.0 Å². The first-order valence-electron chi connectivity index (χ1n) is 9.69. The van der Waals surface area contributed by atoms with Crippen LogP contribution in [0.4, 0.5) is 0 Å². The smallest absolute Gasteiger partial charge is 0.281 e. The van der Waals surface area contributed by atoms with E-state index in [2.05, 4.69) is 25.9 Å². The van der Waals surface area contributed by atoms with Gasteiger partial charge in [-0.15, -0.1) is 0 Å². The third-order valence-electron chi connectivity index (χ3n) is 4.72. The van der Waals surface area contributed by atoms with Gasteiger partial charge >= 0.3 is 0 Å². The van der Waals surface area contributed by atoms with Crippen molar-refractivity contribution in [3.63, 3.8) is 0 Å². The SMILES string of the molecule is CCCCc1nc(O)c(S(=O)(=O)c2ccc(Br)cn2)c(=O)n1-c1c(OC)cccc1OC. The second-order valence-corrected chi connectivity index (χ2v) is 9.50. The number of para-hydroxylation sites is 1. The van der Waals surface area contributed by atoms with Crippen LogP contribution >= 0.6 is 15.9 Å². The van der Waals surface area contributed by atoms with E-state index in [-0.39, 0.29) is 23.0 Å². The standard InChI is InChI=1S/C21H22BrN3O6S/c1-4-5-9-16-24-20(26)19(32(28,29)17-11-10-13(22)12-23-17)21(27)25(16)18-14(30-2)7-6-8-15(18)31-3/h6-8,10-12,26H,4-5,9H2,1-3H3. The molecule has 0 fully saturated rings. The quantitative estimate of drug-likeness (QED) is 0.477. The van der Waals surface area contributed by atoms with Crippen molar-refractivity contribution in [2.45, 2.75) is 36.1 Å². The van der Waals surface area contributed by atoms with Gasteiger partial charge in [0.15, 0.2) is 5.03 Å². The Morgan fingerprint density at radius 3 is 2.31 bits per heavy atom.